The topological polar surface area (TPSA) is 9.23 Å². The van der Waals surface area contributed by atoms with E-state index in [2.05, 4.69) is 54.6 Å². The van der Waals surface area contributed by atoms with Gasteiger partial charge < -0.3 is 4.43 Å². The zero-order chi connectivity index (χ0) is 14.4. The monoisotopic (exact) mass is 272 g/mol. The Balaban J connectivity index is 4.68. The van der Waals surface area contributed by atoms with Gasteiger partial charge in [-0.05, 0) is 37.9 Å². The summed E-state index contributed by atoms with van der Waals surface area (Å²) in [6, 6.07) is 0. The van der Waals surface area contributed by atoms with Gasteiger partial charge in [-0.1, -0.05) is 60.3 Å². The second kappa shape index (κ2) is 7.09. The van der Waals surface area contributed by atoms with Crippen molar-refractivity contribution in [2.45, 2.75) is 104 Å². The van der Waals surface area contributed by atoms with Crippen LogP contribution in [0.4, 0.5) is 0 Å². The molecule has 0 aliphatic rings. The van der Waals surface area contributed by atoms with E-state index in [1.807, 2.05) is 0 Å². The molecule has 1 unspecified atom stereocenters. The Kier molecular flexibility index (Phi) is 7.16. The summed E-state index contributed by atoms with van der Waals surface area (Å²) in [4.78, 5) is 0. The van der Waals surface area contributed by atoms with Gasteiger partial charge in [-0.3, -0.25) is 0 Å². The number of hydrogen-bond donors (Lipinski definition) is 0. The van der Waals surface area contributed by atoms with Gasteiger partial charge >= 0.3 is 0 Å². The first-order chi connectivity index (χ1) is 8.08. The smallest absolute Gasteiger partial charge is 0.192 e. The van der Waals surface area contributed by atoms with Crippen molar-refractivity contribution in [3.8, 4) is 0 Å². The first-order valence-electron chi connectivity index (χ1n) is 7.78. The minimum atomic E-state index is -1.64. The molecule has 0 aliphatic heterocycles. The van der Waals surface area contributed by atoms with Crippen molar-refractivity contribution >= 4 is 8.32 Å². The van der Waals surface area contributed by atoms with Crippen molar-refractivity contribution in [1.29, 1.82) is 0 Å². The molecular formula is C16H36OSi. The Morgan fingerprint density at radius 2 is 1.39 bits per heavy atom. The highest BCUT2D eigenvalue weighted by Gasteiger charge is 2.42. The van der Waals surface area contributed by atoms with Gasteiger partial charge in [-0.15, -0.1) is 0 Å². The maximum absolute atomic E-state index is 6.72. The molecule has 0 N–H and O–H groups in total. The van der Waals surface area contributed by atoms with E-state index in [9.17, 15) is 0 Å². The van der Waals surface area contributed by atoms with Gasteiger partial charge in [-0.25, -0.2) is 0 Å². The van der Waals surface area contributed by atoms with Gasteiger partial charge in [0.2, 0.25) is 0 Å². The fourth-order valence-electron chi connectivity index (χ4n) is 2.27. The van der Waals surface area contributed by atoms with E-state index in [1.54, 1.807) is 0 Å². The molecule has 18 heavy (non-hydrogen) atoms. The van der Waals surface area contributed by atoms with E-state index in [-0.39, 0.29) is 5.60 Å². The summed E-state index contributed by atoms with van der Waals surface area (Å²) < 4.78 is 6.72. The van der Waals surface area contributed by atoms with Crippen molar-refractivity contribution in [2.24, 2.45) is 0 Å². The summed E-state index contributed by atoms with van der Waals surface area (Å²) in [5, 5.41) is 0.312. The molecule has 0 aromatic heterocycles. The predicted octanol–water partition coefficient (Wildman–Crippen LogP) is 6.15. The Labute approximate surface area is 117 Å². The molecule has 0 aromatic carbocycles. The zero-order valence-corrected chi connectivity index (χ0v) is 15.2. The third kappa shape index (κ3) is 5.88. The summed E-state index contributed by atoms with van der Waals surface area (Å²) in [5.74, 6) is 0. The second-order valence-corrected chi connectivity index (χ2v) is 12.2. The van der Waals surface area contributed by atoms with Crippen LogP contribution in [0.25, 0.3) is 0 Å². The molecule has 110 valence electrons. The van der Waals surface area contributed by atoms with Crippen molar-refractivity contribution in [3.05, 3.63) is 0 Å². The average molecular weight is 273 g/mol. The number of rotatable bonds is 8. The molecule has 0 saturated heterocycles. The lowest BCUT2D eigenvalue weighted by Gasteiger charge is -2.44. The molecule has 2 heteroatoms. The van der Waals surface area contributed by atoms with E-state index in [0.717, 1.165) is 0 Å². The van der Waals surface area contributed by atoms with Crippen LogP contribution in [-0.4, -0.2) is 13.9 Å². The van der Waals surface area contributed by atoms with Gasteiger partial charge in [0.15, 0.2) is 8.32 Å². The quantitative estimate of drug-likeness (QED) is 0.380. The molecule has 0 amide bonds. The van der Waals surface area contributed by atoms with Gasteiger partial charge in [0, 0.05) is 0 Å². The van der Waals surface area contributed by atoms with Crippen LogP contribution < -0.4 is 0 Å². The Morgan fingerprint density at radius 3 is 1.78 bits per heavy atom. The van der Waals surface area contributed by atoms with E-state index in [1.165, 1.54) is 38.5 Å². The summed E-state index contributed by atoms with van der Waals surface area (Å²) in [5.41, 5.74) is 0.104. The third-order valence-electron chi connectivity index (χ3n) is 4.40. The van der Waals surface area contributed by atoms with Gasteiger partial charge in [0.1, 0.15) is 0 Å². The Bertz CT molecular complexity index is 230. The second-order valence-electron chi connectivity index (χ2n) is 7.52. The molecular weight excluding hydrogens is 236 g/mol. The lowest BCUT2D eigenvalue weighted by atomic mass is 9.94. The first kappa shape index (κ1) is 18.2. The van der Waals surface area contributed by atoms with Crippen LogP contribution in [0.15, 0.2) is 0 Å². The van der Waals surface area contributed by atoms with Crippen molar-refractivity contribution in [3.63, 3.8) is 0 Å². The molecule has 0 saturated carbocycles. The summed E-state index contributed by atoms with van der Waals surface area (Å²) in [7, 11) is -1.64. The van der Waals surface area contributed by atoms with Crippen molar-refractivity contribution in [2.75, 3.05) is 0 Å². The van der Waals surface area contributed by atoms with Crippen LogP contribution in [0.3, 0.4) is 0 Å². The molecule has 0 aliphatic carbocycles. The van der Waals surface area contributed by atoms with E-state index in [0.29, 0.717) is 5.04 Å². The number of hydrogen-bond acceptors (Lipinski definition) is 1. The van der Waals surface area contributed by atoms with Crippen LogP contribution in [0, 0.1) is 0 Å². The molecule has 0 fully saturated rings. The predicted molar refractivity (Wildman–Crippen MR) is 85.7 cm³/mol. The highest BCUT2D eigenvalue weighted by Crippen LogP contribution is 2.41. The van der Waals surface area contributed by atoms with Crippen molar-refractivity contribution < 1.29 is 4.43 Å². The van der Waals surface area contributed by atoms with Crippen molar-refractivity contribution in [1.82, 2.24) is 0 Å². The Hall–Kier alpha value is 0.177. The molecule has 0 rings (SSSR count). The lowest BCUT2D eigenvalue weighted by Crippen LogP contribution is -2.48. The third-order valence-corrected chi connectivity index (χ3v) is 9.01. The molecule has 0 heterocycles. The van der Waals surface area contributed by atoms with E-state index < -0.39 is 8.32 Å². The highest BCUT2D eigenvalue weighted by atomic mass is 28.4. The fourth-order valence-corrected chi connectivity index (χ4v) is 4.02. The maximum atomic E-state index is 6.72. The maximum Gasteiger partial charge on any atom is 0.192 e. The summed E-state index contributed by atoms with van der Waals surface area (Å²) in [6.07, 6.45) is 7.58. The van der Waals surface area contributed by atoms with Crippen LogP contribution in [0.2, 0.25) is 18.1 Å². The van der Waals surface area contributed by atoms with E-state index in [4.69, 9.17) is 4.43 Å². The molecule has 0 radical (unpaired) electrons. The van der Waals surface area contributed by atoms with Crippen LogP contribution in [0.5, 0.6) is 0 Å². The SMILES string of the molecule is CCCCCC(C)(CCC)O[Si](C)(C)C(C)(C)C. The standard InChI is InChI=1S/C16H36OSi/c1-9-11-12-14-16(6,13-10-2)17-18(7,8)15(3,4)5/h9-14H2,1-8H3. The number of unbranched alkanes of at least 4 members (excludes halogenated alkanes) is 2. The Morgan fingerprint density at radius 1 is 0.833 bits per heavy atom. The first-order valence-corrected chi connectivity index (χ1v) is 10.7. The van der Waals surface area contributed by atoms with Crippen LogP contribution in [-0.2, 0) is 4.43 Å². The lowest BCUT2D eigenvalue weighted by molar-refractivity contribution is 0.0507. The summed E-state index contributed by atoms with van der Waals surface area (Å²) in [6.45, 7) is 18.6. The van der Waals surface area contributed by atoms with Gasteiger partial charge in [-0.2, -0.15) is 0 Å². The minimum Gasteiger partial charge on any atom is -0.412 e. The van der Waals surface area contributed by atoms with Crippen LogP contribution >= 0.6 is 0 Å². The van der Waals surface area contributed by atoms with Gasteiger partial charge in [0.05, 0.1) is 5.60 Å². The molecule has 1 nitrogen and oxygen atoms in total. The minimum absolute atomic E-state index is 0.104. The molecule has 1 atom stereocenters. The zero-order valence-electron chi connectivity index (χ0n) is 14.2. The fraction of sp³-hybridized carbons (Fsp3) is 1.00. The highest BCUT2D eigenvalue weighted by molar-refractivity contribution is 6.74. The molecule has 0 aromatic rings. The van der Waals surface area contributed by atoms with Crippen LogP contribution in [0.1, 0.15) is 80.1 Å². The largest absolute Gasteiger partial charge is 0.412 e. The van der Waals surface area contributed by atoms with E-state index >= 15 is 0 Å². The summed E-state index contributed by atoms with van der Waals surface area (Å²) >= 11 is 0. The average Bonchev–Trinajstić information content (AvgIpc) is 2.15. The van der Waals surface area contributed by atoms with Gasteiger partial charge in [0.25, 0.3) is 0 Å². The normalized spacial score (nSPS) is 16.7. The molecule has 0 bridgehead atoms. The molecule has 0 spiro atoms.